The molecule has 0 saturated heterocycles. The minimum Gasteiger partial charge on any atom is -0.462 e. The van der Waals surface area contributed by atoms with Crippen molar-refractivity contribution in [1.82, 2.24) is 0 Å². The molecule has 47 heavy (non-hydrogen) atoms. The third kappa shape index (κ3) is 13.6. The Kier molecular flexibility index (Phi) is 16.7. The molecule has 1 rings (SSSR count). The summed E-state index contributed by atoms with van der Waals surface area (Å²) < 4.78 is 30.4. The molecule has 4 N–H and O–H groups in total. The van der Waals surface area contributed by atoms with E-state index in [-0.39, 0.29) is 11.4 Å². The van der Waals surface area contributed by atoms with Gasteiger partial charge in [-0.2, -0.15) is 0 Å². The van der Waals surface area contributed by atoms with E-state index >= 15 is 0 Å². The first-order valence-electron chi connectivity index (χ1n) is 13.7. The van der Waals surface area contributed by atoms with Gasteiger partial charge in [-0.1, -0.05) is 32.4 Å². The van der Waals surface area contributed by atoms with Gasteiger partial charge in [0.25, 0.3) is 0 Å². The van der Waals surface area contributed by atoms with Crippen molar-refractivity contribution in [1.29, 1.82) is 0 Å². The SMILES string of the molecule is C=CC(=O)OCC(CO)(COC(=O)C=C)COC(=O)Nc1cccc(NC(=O)OCC(CO)(COC(=O)C=C)COC(=O)C=C)c1C. The largest absolute Gasteiger partial charge is 0.462 e. The van der Waals surface area contributed by atoms with Gasteiger partial charge >= 0.3 is 36.1 Å². The standard InChI is InChI=1S/C31H38N2O14/c1-6-24(36)42-15-30(13-34,16-43-25(37)7-2)19-46-28(40)32-22-11-10-12-23(21(22)5)33-29(41)47-20-31(14-35,17-44-26(38)8-3)18-45-27(39)9-4/h6-12,34-35H,1-4,13-20H2,5H3,(H,32,40)(H,33,41). The van der Waals surface area contributed by atoms with Crippen LogP contribution in [0.5, 0.6) is 0 Å². The molecule has 0 heterocycles. The van der Waals surface area contributed by atoms with Crippen LogP contribution in [0.25, 0.3) is 0 Å². The minimum absolute atomic E-state index is 0.191. The summed E-state index contributed by atoms with van der Waals surface area (Å²) in [6.07, 6.45) is 1.52. The maximum Gasteiger partial charge on any atom is 0.411 e. The van der Waals surface area contributed by atoms with Crippen LogP contribution < -0.4 is 10.6 Å². The van der Waals surface area contributed by atoms with Crippen molar-refractivity contribution in [3.05, 3.63) is 74.4 Å². The lowest BCUT2D eigenvalue weighted by atomic mass is 9.92. The number of esters is 4. The summed E-state index contributed by atoms with van der Waals surface area (Å²) in [6.45, 7) is 10.2. The smallest absolute Gasteiger partial charge is 0.411 e. The lowest BCUT2D eigenvalue weighted by Crippen LogP contribution is -2.42. The van der Waals surface area contributed by atoms with Crippen LogP contribution in [0, 0.1) is 17.8 Å². The maximum atomic E-state index is 12.7. The molecule has 0 atom stereocenters. The van der Waals surface area contributed by atoms with E-state index in [4.69, 9.17) is 28.4 Å². The fourth-order valence-electron chi connectivity index (χ4n) is 3.29. The molecule has 0 aliphatic carbocycles. The summed E-state index contributed by atoms with van der Waals surface area (Å²) in [4.78, 5) is 71.6. The van der Waals surface area contributed by atoms with E-state index in [0.717, 1.165) is 24.3 Å². The average Bonchev–Trinajstić information content (AvgIpc) is 3.08. The normalized spacial score (nSPS) is 10.7. The van der Waals surface area contributed by atoms with E-state index in [9.17, 15) is 39.0 Å². The van der Waals surface area contributed by atoms with Gasteiger partial charge in [0.1, 0.15) is 39.6 Å². The second kappa shape index (κ2) is 19.8. The zero-order valence-electron chi connectivity index (χ0n) is 25.8. The monoisotopic (exact) mass is 662 g/mol. The summed E-state index contributed by atoms with van der Waals surface area (Å²) in [5.41, 5.74) is -2.31. The molecule has 0 saturated carbocycles. The number of hydrogen-bond donors (Lipinski definition) is 4. The molecule has 0 radical (unpaired) electrons. The molecular formula is C31H38N2O14. The van der Waals surface area contributed by atoms with Gasteiger partial charge in [0.15, 0.2) is 0 Å². The lowest BCUT2D eigenvalue weighted by Gasteiger charge is -2.30. The van der Waals surface area contributed by atoms with E-state index in [0.29, 0.717) is 5.56 Å². The number of aliphatic hydroxyl groups excluding tert-OH is 2. The van der Waals surface area contributed by atoms with E-state index < -0.39 is 99.7 Å². The number of benzene rings is 1. The molecule has 16 nitrogen and oxygen atoms in total. The first-order chi connectivity index (χ1) is 22.3. The Bertz CT molecular complexity index is 1190. The van der Waals surface area contributed by atoms with Crippen LogP contribution >= 0.6 is 0 Å². The summed E-state index contributed by atoms with van der Waals surface area (Å²) >= 11 is 0. The topological polar surface area (TPSA) is 222 Å². The van der Waals surface area contributed by atoms with E-state index in [1.807, 2.05) is 0 Å². The van der Waals surface area contributed by atoms with E-state index in [2.05, 4.69) is 36.9 Å². The fraction of sp³-hybridized carbons (Fsp3) is 0.355. The Morgan fingerprint density at radius 3 is 1.13 bits per heavy atom. The zero-order chi connectivity index (χ0) is 35.5. The Morgan fingerprint density at radius 1 is 0.596 bits per heavy atom. The summed E-state index contributed by atoms with van der Waals surface area (Å²) in [5, 5.41) is 24.9. The van der Waals surface area contributed by atoms with Gasteiger partial charge < -0.3 is 38.6 Å². The predicted octanol–water partition coefficient (Wildman–Crippen LogP) is 1.97. The van der Waals surface area contributed by atoms with Gasteiger partial charge in [0, 0.05) is 35.7 Å². The van der Waals surface area contributed by atoms with Gasteiger partial charge in [0.2, 0.25) is 0 Å². The first-order valence-corrected chi connectivity index (χ1v) is 13.7. The predicted molar refractivity (Wildman–Crippen MR) is 165 cm³/mol. The van der Waals surface area contributed by atoms with Crippen LogP contribution in [0.4, 0.5) is 21.0 Å². The molecule has 0 fully saturated rings. The number of ether oxygens (including phenoxy) is 6. The van der Waals surface area contributed by atoms with Crippen molar-refractivity contribution in [2.24, 2.45) is 10.8 Å². The van der Waals surface area contributed by atoms with E-state index in [1.54, 1.807) is 6.92 Å². The third-order valence-electron chi connectivity index (χ3n) is 6.25. The number of hydrogen-bond acceptors (Lipinski definition) is 14. The Balaban J connectivity index is 2.97. The molecule has 0 bridgehead atoms. The van der Waals surface area contributed by atoms with Crippen LogP contribution in [-0.2, 0) is 47.6 Å². The highest BCUT2D eigenvalue weighted by atomic mass is 16.6. The van der Waals surface area contributed by atoms with Gasteiger partial charge in [-0.15, -0.1) is 0 Å². The van der Waals surface area contributed by atoms with Crippen molar-refractivity contribution in [3.63, 3.8) is 0 Å². The maximum absolute atomic E-state index is 12.7. The van der Waals surface area contributed by atoms with Crippen LogP contribution in [-0.4, -0.2) is 99.1 Å². The third-order valence-corrected chi connectivity index (χ3v) is 6.25. The van der Waals surface area contributed by atoms with Crippen LogP contribution in [0.15, 0.2) is 68.8 Å². The van der Waals surface area contributed by atoms with Gasteiger partial charge in [-0.3, -0.25) is 10.6 Å². The van der Waals surface area contributed by atoms with Crippen LogP contribution in [0.3, 0.4) is 0 Å². The number of rotatable bonds is 20. The summed E-state index contributed by atoms with van der Waals surface area (Å²) in [5.74, 6) is -3.30. The highest BCUT2D eigenvalue weighted by molar-refractivity contribution is 5.91. The zero-order valence-corrected chi connectivity index (χ0v) is 25.8. The quantitative estimate of drug-likeness (QED) is 0.0891. The molecule has 0 aromatic heterocycles. The highest BCUT2D eigenvalue weighted by Gasteiger charge is 2.36. The van der Waals surface area contributed by atoms with Crippen molar-refractivity contribution >= 4 is 47.4 Å². The molecule has 0 spiro atoms. The molecular weight excluding hydrogens is 624 g/mol. The van der Waals surface area contributed by atoms with Gasteiger partial charge in [-0.25, -0.2) is 28.8 Å². The Morgan fingerprint density at radius 2 is 0.872 bits per heavy atom. The fourth-order valence-corrected chi connectivity index (χ4v) is 3.29. The van der Waals surface area contributed by atoms with Crippen molar-refractivity contribution < 1.29 is 67.4 Å². The van der Waals surface area contributed by atoms with Crippen molar-refractivity contribution in [2.45, 2.75) is 6.92 Å². The average molecular weight is 663 g/mol. The molecule has 16 heteroatoms. The number of nitrogens with one attached hydrogen (secondary N) is 2. The number of amides is 2. The van der Waals surface area contributed by atoms with Crippen molar-refractivity contribution in [3.8, 4) is 0 Å². The Hall–Kier alpha value is -5.48. The van der Waals surface area contributed by atoms with E-state index in [1.165, 1.54) is 18.2 Å². The minimum atomic E-state index is -1.52. The molecule has 1 aromatic rings. The number of aliphatic hydroxyl groups is 2. The van der Waals surface area contributed by atoms with Crippen LogP contribution in [0.2, 0.25) is 0 Å². The Labute approximate surface area is 270 Å². The van der Waals surface area contributed by atoms with Crippen LogP contribution in [0.1, 0.15) is 5.56 Å². The molecule has 1 aromatic carbocycles. The lowest BCUT2D eigenvalue weighted by molar-refractivity contribution is -0.154. The van der Waals surface area contributed by atoms with Crippen molar-refractivity contribution in [2.75, 3.05) is 63.5 Å². The second-order valence-corrected chi connectivity index (χ2v) is 9.94. The number of carbonyl (C=O) groups excluding carboxylic acids is 6. The highest BCUT2D eigenvalue weighted by Crippen LogP contribution is 2.26. The van der Waals surface area contributed by atoms with Gasteiger partial charge in [-0.05, 0) is 24.6 Å². The first kappa shape index (κ1) is 39.5. The molecule has 256 valence electrons. The molecule has 2 amide bonds. The second-order valence-electron chi connectivity index (χ2n) is 9.94. The van der Waals surface area contributed by atoms with Gasteiger partial charge in [0.05, 0.1) is 24.0 Å². The molecule has 0 aliphatic heterocycles. The number of anilines is 2. The summed E-state index contributed by atoms with van der Waals surface area (Å²) in [6, 6.07) is 4.47. The summed E-state index contributed by atoms with van der Waals surface area (Å²) in [7, 11) is 0. The number of carbonyl (C=O) groups is 6. The molecule has 0 aliphatic rings. The molecule has 0 unspecified atom stereocenters.